The number of rotatable bonds is 4. The largest absolute Gasteiger partial charge is 0.322 e. The lowest BCUT2D eigenvalue weighted by molar-refractivity contribution is 0.102. The summed E-state index contributed by atoms with van der Waals surface area (Å²) in [5.41, 5.74) is 0.974. The van der Waals surface area contributed by atoms with Crippen molar-refractivity contribution in [3.8, 4) is 0 Å². The number of benzene rings is 2. The number of anilines is 1. The monoisotopic (exact) mass is 441 g/mol. The molecule has 0 bridgehead atoms. The molecule has 4 rings (SSSR count). The molecule has 0 fully saturated rings. The zero-order chi connectivity index (χ0) is 21.3. The number of halogens is 3. The van der Waals surface area contributed by atoms with E-state index in [4.69, 9.17) is 23.2 Å². The topological polar surface area (TPSA) is 64.0 Å². The van der Waals surface area contributed by atoms with Gasteiger partial charge in [0.05, 0.1) is 16.6 Å². The normalized spacial score (nSPS) is 10.9. The van der Waals surface area contributed by atoms with Crippen LogP contribution in [-0.2, 0) is 6.54 Å². The van der Waals surface area contributed by atoms with Gasteiger partial charge in [-0.3, -0.25) is 14.2 Å². The Balaban J connectivity index is 1.77. The first-order valence-electron chi connectivity index (χ1n) is 8.92. The minimum Gasteiger partial charge on any atom is -0.322 e. The van der Waals surface area contributed by atoms with Crippen molar-refractivity contribution in [2.24, 2.45) is 0 Å². The van der Waals surface area contributed by atoms with E-state index in [1.807, 2.05) is 0 Å². The molecule has 0 atom stereocenters. The van der Waals surface area contributed by atoms with Crippen LogP contribution in [0.4, 0.5) is 10.1 Å². The predicted octanol–water partition coefficient (Wildman–Crippen LogP) is 5.14. The van der Waals surface area contributed by atoms with Gasteiger partial charge >= 0.3 is 0 Å². The van der Waals surface area contributed by atoms with Gasteiger partial charge in [-0.15, -0.1) is 0 Å². The van der Waals surface area contributed by atoms with Crippen LogP contribution in [-0.4, -0.2) is 15.5 Å². The van der Waals surface area contributed by atoms with Gasteiger partial charge in [0.15, 0.2) is 0 Å². The number of fused-ring (bicyclic) bond motifs is 1. The van der Waals surface area contributed by atoms with Crippen LogP contribution < -0.4 is 10.9 Å². The van der Waals surface area contributed by atoms with Crippen molar-refractivity contribution in [1.29, 1.82) is 0 Å². The molecule has 0 spiro atoms. The molecule has 1 amide bonds. The van der Waals surface area contributed by atoms with Gasteiger partial charge in [0.1, 0.15) is 17.0 Å². The molecule has 2 heterocycles. The fraction of sp³-hybridized carbons (Fsp3) is 0.0455. The fourth-order valence-corrected chi connectivity index (χ4v) is 3.36. The van der Waals surface area contributed by atoms with Crippen LogP contribution in [0, 0.1) is 5.82 Å². The minimum absolute atomic E-state index is 0.0521. The molecular formula is C22H14Cl2FN3O2. The second-order valence-corrected chi connectivity index (χ2v) is 7.39. The lowest BCUT2D eigenvalue weighted by Gasteiger charge is -2.13. The summed E-state index contributed by atoms with van der Waals surface area (Å²) in [6.45, 7) is 0.139. The number of pyridine rings is 2. The molecule has 0 radical (unpaired) electrons. The maximum absolute atomic E-state index is 13.2. The van der Waals surface area contributed by atoms with E-state index in [0.717, 1.165) is 0 Å². The molecule has 4 aromatic rings. The van der Waals surface area contributed by atoms with Gasteiger partial charge in [0.25, 0.3) is 11.5 Å². The van der Waals surface area contributed by atoms with E-state index in [1.165, 1.54) is 28.8 Å². The molecular weight excluding hydrogens is 428 g/mol. The highest BCUT2D eigenvalue weighted by atomic mass is 35.5. The third-order valence-corrected chi connectivity index (χ3v) is 5.26. The van der Waals surface area contributed by atoms with Crippen LogP contribution >= 0.6 is 23.2 Å². The Morgan fingerprint density at radius 1 is 1.03 bits per heavy atom. The van der Waals surface area contributed by atoms with Crippen molar-refractivity contribution < 1.29 is 9.18 Å². The molecule has 0 aliphatic rings. The van der Waals surface area contributed by atoms with E-state index in [9.17, 15) is 14.0 Å². The van der Waals surface area contributed by atoms with E-state index < -0.39 is 11.5 Å². The SMILES string of the molecule is O=C(Nc1ccc(Cl)c(Cl)c1)c1cc2cccnc2n(Cc2ccc(F)cc2)c1=O. The van der Waals surface area contributed by atoms with Gasteiger partial charge in [-0.1, -0.05) is 35.3 Å². The maximum atomic E-state index is 13.2. The van der Waals surface area contributed by atoms with Crippen LogP contribution in [0.1, 0.15) is 15.9 Å². The van der Waals surface area contributed by atoms with E-state index in [0.29, 0.717) is 27.3 Å². The third-order valence-electron chi connectivity index (χ3n) is 4.52. The van der Waals surface area contributed by atoms with Gasteiger partial charge in [-0.25, -0.2) is 9.37 Å². The van der Waals surface area contributed by atoms with Crippen LogP contribution in [0.5, 0.6) is 0 Å². The molecule has 0 saturated heterocycles. The lowest BCUT2D eigenvalue weighted by Crippen LogP contribution is -2.30. The number of nitrogens with zero attached hydrogens (tertiary/aromatic N) is 2. The number of aromatic nitrogens is 2. The Kier molecular flexibility index (Phi) is 5.53. The Morgan fingerprint density at radius 2 is 1.80 bits per heavy atom. The standard InChI is InChI=1S/C22H14Cl2FN3O2/c23-18-8-7-16(11-19(18)24)27-21(29)17-10-14-2-1-9-26-20(14)28(22(17)30)12-13-3-5-15(25)6-4-13/h1-11H,12H2,(H,27,29). The second-order valence-electron chi connectivity index (χ2n) is 6.58. The van der Waals surface area contributed by atoms with Crippen molar-refractivity contribution in [3.05, 3.63) is 104 Å². The van der Waals surface area contributed by atoms with E-state index in [2.05, 4.69) is 10.3 Å². The van der Waals surface area contributed by atoms with Gasteiger partial charge in [-0.2, -0.15) is 0 Å². The van der Waals surface area contributed by atoms with Crippen LogP contribution in [0.2, 0.25) is 10.0 Å². The molecule has 150 valence electrons. The summed E-state index contributed by atoms with van der Waals surface area (Å²) in [5, 5.41) is 3.93. The molecule has 8 heteroatoms. The summed E-state index contributed by atoms with van der Waals surface area (Å²) in [6, 6.07) is 15.4. The summed E-state index contributed by atoms with van der Waals surface area (Å²) in [5.74, 6) is -0.958. The molecule has 0 aliphatic carbocycles. The summed E-state index contributed by atoms with van der Waals surface area (Å²) < 4.78 is 14.6. The van der Waals surface area contributed by atoms with Crippen molar-refractivity contribution in [3.63, 3.8) is 0 Å². The van der Waals surface area contributed by atoms with Crippen LogP contribution in [0.15, 0.2) is 71.7 Å². The Labute approximate surface area is 180 Å². The van der Waals surface area contributed by atoms with Gasteiger partial charge in [0.2, 0.25) is 0 Å². The fourth-order valence-electron chi connectivity index (χ4n) is 3.06. The Morgan fingerprint density at radius 3 is 2.53 bits per heavy atom. The van der Waals surface area contributed by atoms with E-state index in [1.54, 1.807) is 42.6 Å². The molecule has 0 aliphatic heterocycles. The molecule has 2 aromatic heterocycles. The molecule has 5 nitrogen and oxygen atoms in total. The first-order chi connectivity index (χ1) is 14.4. The Hall–Kier alpha value is -3.22. The van der Waals surface area contributed by atoms with E-state index in [-0.39, 0.29) is 22.9 Å². The summed E-state index contributed by atoms with van der Waals surface area (Å²) in [6.07, 6.45) is 1.57. The molecule has 1 N–H and O–H groups in total. The predicted molar refractivity (Wildman–Crippen MR) is 116 cm³/mol. The summed E-state index contributed by atoms with van der Waals surface area (Å²) in [4.78, 5) is 30.3. The lowest BCUT2D eigenvalue weighted by atomic mass is 10.1. The number of carbonyl (C=O) groups is 1. The average Bonchev–Trinajstić information content (AvgIpc) is 2.74. The zero-order valence-corrected chi connectivity index (χ0v) is 16.9. The van der Waals surface area contributed by atoms with Crippen LogP contribution in [0.25, 0.3) is 11.0 Å². The average molecular weight is 442 g/mol. The molecule has 30 heavy (non-hydrogen) atoms. The highest BCUT2D eigenvalue weighted by Crippen LogP contribution is 2.25. The zero-order valence-electron chi connectivity index (χ0n) is 15.4. The highest BCUT2D eigenvalue weighted by molar-refractivity contribution is 6.42. The third kappa shape index (κ3) is 4.06. The number of nitrogens with one attached hydrogen (secondary N) is 1. The van der Waals surface area contributed by atoms with Gasteiger partial charge < -0.3 is 5.32 Å². The van der Waals surface area contributed by atoms with Crippen LogP contribution in [0.3, 0.4) is 0 Å². The first kappa shape index (κ1) is 20.1. The second kappa shape index (κ2) is 8.26. The van der Waals surface area contributed by atoms with Gasteiger partial charge in [-0.05, 0) is 54.1 Å². The number of amides is 1. The Bertz CT molecular complexity index is 1320. The van der Waals surface area contributed by atoms with Crippen molar-refractivity contribution >= 4 is 45.8 Å². The van der Waals surface area contributed by atoms with E-state index >= 15 is 0 Å². The van der Waals surface area contributed by atoms with Crippen molar-refractivity contribution in [2.45, 2.75) is 6.54 Å². The van der Waals surface area contributed by atoms with Gasteiger partial charge in [0, 0.05) is 17.3 Å². The molecule has 0 unspecified atom stereocenters. The van der Waals surface area contributed by atoms with Crippen molar-refractivity contribution in [1.82, 2.24) is 9.55 Å². The first-order valence-corrected chi connectivity index (χ1v) is 9.67. The highest BCUT2D eigenvalue weighted by Gasteiger charge is 2.17. The maximum Gasteiger partial charge on any atom is 0.265 e. The van der Waals surface area contributed by atoms with Crippen molar-refractivity contribution in [2.75, 3.05) is 5.32 Å². The number of hydrogen-bond donors (Lipinski definition) is 1. The molecule has 0 saturated carbocycles. The minimum atomic E-state index is -0.586. The quantitative estimate of drug-likeness (QED) is 0.476. The molecule has 2 aromatic carbocycles. The summed E-state index contributed by atoms with van der Waals surface area (Å²) in [7, 11) is 0. The smallest absolute Gasteiger partial charge is 0.265 e. The summed E-state index contributed by atoms with van der Waals surface area (Å²) >= 11 is 11.9. The number of hydrogen-bond acceptors (Lipinski definition) is 3. The number of carbonyl (C=O) groups excluding carboxylic acids is 1.